The Balaban J connectivity index is 1.67. The molecule has 2 aromatic carbocycles. The lowest BCUT2D eigenvalue weighted by atomic mass is 10.1. The Labute approximate surface area is 153 Å². The van der Waals surface area contributed by atoms with Crippen molar-refractivity contribution in [1.82, 2.24) is 15.3 Å². The largest absolute Gasteiger partial charge is 0.348 e. The second-order valence-corrected chi connectivity index (χ2v) is 6.02. The van der Waals surface area contributed by atoms with Crippen LogP contribution in [-0.2, 0) is 6.54 Å². The van der Waals surface area contributed by atoms with E-state index < -0.39 is 0 Å². The highest BCUT2D eigenvalue weighted by atomic mass is 16.1. The molecule has 5 nitrogen and oxygen atoms in total. The van der Waals surface area contributed by atoms with Gasteiger partial charge >= 0.3 is 0 Å². The first-order chi connectivity index (χ1) is 12.7. The van der Waals surface area contributed by atoms with Gasteiger partial charge in [-0.15, -0.1) is 0 Å². The molecule has 0 saturated carbocycles. The van der Waals surface area contributed by atoms with Crippen molar-refractivity contribution < 1.29 is 4.79 Å². The number of aryl methyl sites for hydroxylation is 1. The first-order valence-electron chi connectivity index (χ1n) is 8.65. The smallest absolute Gasteiger partial charge is 0.254 e. The molecular weight excluding hydrogens is 324 g/mol. The van der Waals surface area contributed by atoms with Crippen LogP contribution in [0.25, 0.3) is 0 Å². The lowest BCUT2D eigenvalue weighted by molar-refractivity contribution is 0.0950. The number of nitrogens with one attached hydrogen (secondary N) is 1. The zero-order valence-corrected chi connectivity index (χ0v) is 15.0. The van der Waals surface area contributed by atoms with E-state index in [0.717, 1.165) is 17.8 Å². The SMILES string of the molecule is CCN(c1ccccc1)c1ncc(C(=O)NCc2cccc(C)c2)cn1. The number of carbonyl (C=O) groups excluding carboxylic acids is 1. The Morgan fingerprint density at radius 3 is 2.42 bits per heavy atom. The van der Waals surface area contributed by atoms with Crippen LogP contribution < -0.4 is 10.2 Å². The van der Waals surface area contributed by atoms with Crippen LogP contribution >= 0.6 is 0 Å². The van der Waals surface area contributed by atoms with Crippen molar-refractivity contribution in [3.05, 3.63) is 83.7 Å². The summed E-state index contributed by atoms with van der Waals surface area (Å²) in [6.07, 6.45) is 3.14. The molecule has 1 amide bonds. The van der Waals surface area contributed by atoms with Crippen molar-refractivity contribution in [1.29, 1.82) is 0 Å². The van der Waals surface area contributed by atoms with Gasteiger partial charge in [-0.25, -0.2) is 9.97 Å². The van der Waals surface area contributed by atoms with Crippen LogP contribution in [0, 0.1) is 6.92 Å². The standard InChI is InChI=1S/C21H22N4O/c1-3-25(19-10-5-4-6-11-19)21-23-14-18(15-24-21)20(26)22-13-17-9-7-8-16(2)12-17/h4-12,14-15H,3,13H2,1-2H3,(H,22,26). The molecule has 0 fully saturated rings. The van der Waals surface area contributed by atoms with Gasteiger partial charge in [0, 0.05) is 31.2 Å². The Kier molecular flexibility index (Phi) is 5.59. The Bertz CT molecular complexity index is 863. The summed E-state index contributed by atoms with van der Waals surface area (Å²) in [6.45, 7) is 5.29. The van der Waals surface area contributed by atoms with Gasteiger partial charge in [0.05, 0.1) is 5.56 Å². The van der Waals surface area contributed by atoms with E-state index in [-0.39, 0.29) is 5.91 Å². The van der Waals surface area contributed by atoms with Crippen LogP contribution in [0.3, 0.4) is 0 Å². The second-order valence-electron chi connectivity index (χ2n) is 6.02. The molecule has 0 aliphatic rings. The van der Waals surface area contributed by atoms with Gasteiger partial charge in [0.15, 0.2) is 0 Å². The highest BCUT2D eigenvalue weighted by Gasteiger charge is 2.12. The quantitative estimate of drug-likeness (QED) is 0.736. The number of nitrogens with zero attached hydrogens (tertiary/aromatic N) is 3. The average Bonchev–Trinajstić information content (AvgIpc) is 2.68. The molecular formula is C21H22N4O. The van der Waals surface area contributed by atoms with Crippen molar-refractivity contribution in [2.75, 3.05) is 11.4 Å². The number of rotatable bonds is 6. The number of hydrogen-bond donors (Lipinski definition) is 1. The van der Waals surface area contributed by atoms with Gasteiger partial charge in [0.1, 0.15) is 0 Å². The van der Waals surface area contributed by atoms with Gasteiger partial charge in [0.2, 0.25) is 5.95 Å². The highest BCUT2D eigenvalue weighted by molar-refractivity contribution is 5.93. The topological polar surface area (TPSA) is 58.1 Å². The van der Waals surface area contributed by atoms with Crippen LogP contribution in [0.15, 0.2) is 67.0 Å². The summed E-state index contributed by atoms with van der Waals surface area (Å²) in [5.41, 5.74) is 3.71. The summed E-state index contributed by atoms with van der Waals surface area (Å²) in [5.74, 6) is 0.398. The average molecular weight is 346 g/mol. The summed E-state index contributed by atoms with van der Waals surface area (Å²) in [6, 6.07) is 18.0. The molecule has 1 heterocycles. The fourth-order valence-corrected chi connectivity index (χ4v) is 2.73. The second kappa shape index (κ2) is 8.25. The molecule has 1 N–H and O–H groups in total. The fraction of sp³-hybridized carbons (Fsp3) is 0.190. The van der Waals surface area contributed by atoms with Crippen LogP contribution in [0.1, 0.15) is 28.4 Å². The summed E-state index contributed by atoms with van der Waals surface area (Å²) in [4.78, 5) is 23.1. The minimum absolute atomic E-state index is 0.180. The number of benzene rings is 2. The van der Waals surface area contributed by atoms with E-state index in [2.05, 4.69) is 21.4 Å². The van der Waals surface area contributed by atoms with Crippen molar-refractivity contribution in [2.24, 2.45) is 0 Å². The minimum Gasteiger partial charge on any atom is -0.348 e. The van der Waals surface area contributed by atoms with Crippen molar-refractivity contribution >= 4 is 17.5 Å². The minimum atomic E-state index is -0.180. The van der Waals surface area contributed by atoms with Gasteiger partial charge in [-0.1, -0.05) is 48.0 Å². The van der Waals surface area contributed by atoms with Crippen molar-refractivity contribution in [3.63, 3.8) is 0 Å². The van der Waals surface area contributed by atoms with E-state index in [4.69, 9.17) is 0 Å². The van der Waals surface area contributed by atoms with Gasteiger partial charge < -0.3 is 10.2 Å². The van der Waals surface area contributed by atoms with Gasteiger partial charge in [-0.05, 0) is 31.5 Å². The lowest BCUT2D eigenvalue weighted by Crippen LogP contribution is -2.24. The molecule has 26 heavy (non-hydrogen) atoms. The number of hydrogen-bond acceptors (Lipinski definition) is 4. The molecule has 0 radical (unpaired) electrons. The predicted molar refractivity (Wildman–Crippen MR) is 104 cm³/mol. The van der Waals surface area contributed by atoms with Crippen molar-refractivity contribution in [3.8, 4) is 0 Å². The van der Waals surface area contributed by atoms with E-state index in [0.29, 0.717) is 18.1 Å². The zero-order chi connectivity index (χ0) is 18.4. The maximum atomic E-state index is 12.3. The Morgan fingerprint density at radius 2 is 1.77 bits per heavy atom. The molecule has 132 valence electrons. The highest BCUT2D eigenvalue weighted by Crippen LogP contribution is 2.20. The number of anilines is 2. The molecule has 1 aromatic heterocycles. The summed E-state index contributed by atoms with van der Waals surface area (Å²) in [7, 11) is 0. The maximum Gasteiger partial charge on any atom is 0.254 e. The van der Waals surface area contributed by atoms with E-state index >= 15 is 0 Å². The number of amides is 1. The molecule has 0 atom stereocenters. The summed E-state index contributed by atoms with van der Waals surface area (Å²) in [5, 5.41) is 2.90. The van der Waals surface area contributed by atoms with Crippen LogP contribution in [0.4, 0.5) is 11.6 Å². The number of carbonyl (C=O) groups is 1. The molecule has 0 saturated heterocycles. The number of aromatic nitrogens is 2. The monoisotopic (exact) mass is 346 g/mol. The van der Waals surface area contributed by atoms with E-state index in [9.17, 15) is 4.79 Å². The molecule has 5 heteroatoms. The molecule has 3 aromatic rings. The van der Waals surface area contributed by atoms with Crippen LogP contribution in [-0.4, -0.2) is 22.4 Å². The molecule has 0 spiro atoms. The van der Waals surface area contributed by atoms with Crippen LogP contribution in [0.2, 0.25) is 0 Å². The third-order valence-electron chi connectivity index (χ3n) is 4.06. The van der Waals surface area contributed by atoms with Crippen molar-refractivity contribution in [2.45, 2.75) is 20.4 Å². The van der Waals surface area contributed by atoms with E-state index in [1.54, 1.807) is 12.4 Å². The molecule has 0 unspecified atom stereocenters. The van der Waals surface area contributed by atoms with Crippen LogP contribution in [0.5, 0.6) is 0 Å². The Hall–Kier alpha value is -3.21. The molecule has 0 aliphatic carbocycles. The predicted octanol–water partition coefficient (Wildman–Crippen LogP) is 3.87. The Morgan fingerprint density at radius 1 is 1.04 bits per heavy atom. The first-order valence-corrected chi connectivity index (χ1v) is 8.65. The number of para-hydroxylation sites is 1. The third kappa shape index (κ3) is 4.25. The maximum absolute atomic E-state index is 12.3. The summed E-state index contributed by atoms with van der Waals surface area (Å²) < 4.78 is 0. The fourth-order valence-electron chi connectivity index (χ4n) is 2.73. The van der Waals surface area contributed by atoms with E-state index in [1.165, 1.54) is 5.56 Å². The lowest BCUT2D eigenvalue weighted by Gasteiger charge is -2.20. The molecule has 3 rings (SSSR count). The molecule has 0 bridgehead atoms. The third-order valence-corrected chi connectivity index (χ3v) is 4.06. The molecule has 0 aliphatic heterocycles. The normalized spacial score (nSPS) is 10.4. The van der Waals surface area contributed by atoms with Gasteiger partial charge in [0.25, 0.3) is 5.91 Å². The summed E-state index contributed by atoms with van der Waals surface area (Å²) >= 11 is 0. The van der Waals surface area contributed by atoms with Gasteiger partial charge in [-0.2, -0.15) is 0 Å². The zero-order valence-electron chi connectivity index (χ0n) is 15.0. The van der Waals surface area contributed by atoms with E-state index in [1.807, 2.05) is 67.3 Å². The first kappa shape index (κ1) is 17.6. The van der Waals surface area contributed by atoms with Gasteiger partial charge in [-0.3, -0.25) is 4.79 Å².